The minimum absolute atomic E-state index is 0.265. The summed E-state index contributed by atoms with van der Waals surface area (Å²) in [5, 5.41) is 7.39. The lowest BCUT2D eigenvalue weighted by Crippen LogP contribution is -2.13. The summed E-state index contributed by atoms with van der Waals surface area (Å²) in [5.41, 5.74) is 1.10. The van der Waals surface area contributed by atoms with Crippen LogP contribution in [0.5, 0.6) is 0 Å². The van der Waals surface area contributed by atoms with Crippen LogP contribution in [0, 0.1) is 6.92 Å². The molecule has 18 heavy (non-hydrogen) atoms. The van der Waals surface area contributed by atoms with Gasteiger partial charge < -0.3 is 0 Å². The second-order valence-corrected chi connectivity index (χ2v) is 4.53. The van der Waals surface area contributed by atoms with E-state index in [-0.39, 0.29) is 5.91 Å². The molecule has 90 valence electrons. The fourth-order valence-electron chi connectivity index (χ4n) is 1.48. The van der Waals surface area contributed by atoms with E-state index in [0.29, 0.717) is 17.2 Å². The molecule has 0 fully saturated rings. The monoisotopic (exact) mass is 260 g/mol. The second-order valence-electron chi connectivity index (χ2n) is 3.57. The lowest BCUT2D eigenvalue weighted by atomic mass is 10.2. The highest BCUT2D eigenvalue weighted by Gasteiger charge is 2.10. The Morgan fingerprint density at radius 2 is 2.39 bits per heavy atom. The highest BCUT2D eigenvalue weighted by atomic mass is 32.1. The largest absolute Gasteiger partial charge is 0.290 e. The highest BCUT2D eigenvalue weighted by molar-refractivity contribution is 7.05. The molecule has 3 heterocycles. The van der Waals surface area contributed by atoms with Crippen molar-refractivity contribution >= 4 is 29.0 Å². The number of nitrogens with zero attached hydrogens (tertiary/aromatic N) is 5. The first-order valence-electron chi connectivity index (χ1n) is 5.13. The van der Waals surface area contributed by atoms with Gasteiger partial charge in [-0.2, -0.15) is 9.47 Å². The van der Waals surface area contributed by atoms with Gasteiger partial charge in [-0.1, -0.05) is 0 Å². The quantitative estimate of drug-likeness (QED) is 0.746. The molecule has 0 saturated heterocycles. The molecular weight excluding hydrogens is 252 g/mol. The molecule has 0 saturated carbocycles. The number of carbonyl (C=O) groups excluding carboxylic acids is 1. The van der Waals surface area contributed by atoms with Crippen LogP contribution in [0.1, 0.15) is 15.4 Å². The Morgan fingerprint density at radius 3 is 3.17 bits per heavy atom. The van der Waals surface area contributed by atoms with Crippen LogP contribution in [-0.4, -0.2) is 29.9 Å². The van der Waals surface area contributed by atoms with Crippen molar-refractivity contribution in [3.8, 4) is 0 Å². The number of aryl methyl sites for hydroxylation is 1. The number of aromatic nitrogens is 5. The smallest absolute Gasteiger partial charge is 0.258 e. The summed E-state index contributed by atoms with van der Waals surface area (Å²) < 4.78 is 5.58. The molecule has 7 nitrogen and oxygen atoms in total. The normalized spacial score (nSPS) is 10.7. The zero-order valence-electron chi connectivity index (χ0n) is 9.36. The maximum atomic E-state index is 11.9. The zero-order valence-corrected chi connectivity index (χ0v) is 10.2. The van der Waals surface area contributed by atoms with Gasteiger partial charge in [0.15, 0.2) is 5.65 Å². The lowest BCUT2D eigenvalue weighted by Gasteiger charge is -2.00. The molecule has 0 aliphatic rings. The van der Waals surface area contributed by atoms with Crippen molar-refractivity contribution in [2.45, 2.75) is 6.92 Å². The number of amides is 1. The van der Waals surface area contributed by atoms with Crippen LogP contribution in [0.4, 0.5) is 5.95 Å². The molecule has 3 aromatic heterocycles. The van der Waals surface area contributed by atoms with Crippen molar-refractivity contribution in [2.75, 3.05) is 5.32 Å². The number of carbonyl (C=O) groups is 1. The van der Waals surface area contributed by atoms with Gasteiger partial charge in [0.25, 0.3) is 5.91 Å². The maximum Gasteiger partial charge on any atom is 0.258 e. The van der Waals surface area contributed by atoms with E-state index in [9.17, 15) is 4.79 Å². The van der Waals surface area contributed by atoms with E-state index >= 15 is 0 Å². The third-order valence-electron chi connectivity index (χ3n) is 2.30. The number of hydrogen-bond acceptors (Lipinski definition) is 6. The molecule has 1 N–H and O–H groups in total. The molecule has 3 rings (SSSR count). The van der Waals surface area contributed by atoms with Crippen LogP contribution in [0.3, 0.4) is 0 Å². The third-order valence-corrected chi connectivity index (χ3v) is 2.92. The summed E-state index contributed by atoms with van der Waals surface area (Å²) in [4.78, 5) is 20.0. The average Bonchev–Trinajstić information content (AvgIpc) is 2.96. The molecule has 0 aliphatic heterocycles. The van der Waals surface area contributed by atoms with Gasteiger partial charge in [0, 0.05) is 11.8 Å². The second kappa shape index (κ2) is 4.15. The highest BCUT2D eigenvalue weighted by Crippen LogP contribution is 2.10. The van der Waals surface area contributed by atoms with E-state index in [1.165, 1.54) is 17.9 Å². The number of fused-ring (bicyclic) bond motifs is 1. The van der Waals surface area contributed by atoms with Gasteiger partial charge in [0.2, 0.25) is 5.95 Å². The molecule has 0 aliphatic carbocycles. The van der Waals surface area contributed by atoms with Crippen LogP contribution < -0.4 is 5.32 Å². The van der Waals surface area contributed by atoms with E-state index in [0.717, 1.165) is 5.01 Å². The van der Waals surface area contributed by atoms with Gasteiger partial charge in [-0.15, -0.1) is 0 Å². The Hall–Kier alpha value is -2.35. The molecule has 0 spiro atoms. The van der Waals surface area contributed by atoms with Crippen molar-refractivity contribution in [1.82, 2.24) is 24.0 Å². The third kappa shape index (κ3) is 1.93. The standard InChI is InChI=1S/C10H8N6OS/c1-6-13-10(15-18-6)14-9(17)7-2-3-16-8(4-7)11-5-12-16/h2-5H,1H3,(H,14,15,17). The van der Waals surface area contributed by atoms with Gasteiger partial charge in [-0.05, 0) is 30.6 Å². The van der Waals surface area contributed by atoms with Crippen LogP contribution in [0.25, 0.3) is 5.65 Å². The number of pyridine rings is 1. The summed E-state index contributed by atoms with van der Waals surface area (Å²) in [6, 6.07) is 3.32. The fourth-order valence-corrected chi connectivity index (χ4v) is 1.91. The topological polar surface area (TPSA) is 85.1 Å². The van der Waals surface area contributed by atoms with Crippen LogP contribution in [-0.2, 0) is 0 Å². The van der Waals surface area contributed by atoms with Gasteiger partial charge in [-0.25, -0.2) is 14.5 Å². The van der Waals surface area contributed by atoms with Crippen LogP contribution >= 0.6 is 11.5 Å². The van der Waals surface area contributed by atoms with E-state index in [1.54, 1.807) is 22.8 Å². The Balaban J connectivity index is 1.87. The van der Waals surface area contributed by atoms with Crippen molar-refractivity contribution in [3.05, 3.63) is 35.2 Å². The predicted molar refractivity (Wildman–Crippen MR) is 65.6 cm³/mol. The molecule has 0 aromatic carbocycles. The molecular formula is C10H8N6OS. The van der Waals surface area contributed by atoms with E-state index in [4.69, 9.17) is 0 Å². The summed E-state index contributed by atoms with van der Waals surface area (Å²) in [6.45, 7) is 1.83. The van der Waals surface area contributed by atoms with Crippen molar-refractivity contribution in [3.63, 3.8) is 0 Å². The molecule has 0 radical (unpaired) electrons. The maximum absolute atomic E-state index is 11.9. The van der Waals surface area contributed by atoms with Gasteiger partial charge >= 0.3 is 0 Å². The molecule has 8 heteroatoms. The number of anilines is 1. The van der Waals surface area contributed by atoms with Crippen molar-refractivity contribution in [1.29, 1.82) is 0 Å². The van der Waals surface area contributed by atoms with Crippen LogP contribution in [0.2, 0.25) is 0 Å². The summed E-state index contributed by atoms with van der Waals surface area (Å²) in [6.07, 6.45) is 3.11. The van der Waals surface area contributed by atoms with Gasteiger partial charge in [0.1, 0.15) is 11.3 Å². The minimum atomic E-state index is -0.265. The summed E-state index contributed by atoms with van der Waals surface area (Å²) in [5.74, 6) is 0.0575. The molecule has 0 unspecified atom stereocenters. The Morgan fingerprint density at radius 1 is 1.50 bits per heavy atom. The molecule has 0 bridgehead atoms. The van der Waals surface area contributed by atoms with Gasteiger partial charge in [0.05, 0.1) is 0 Å². The lowest BCUT2D eigenvalue weighted by molar-refractivity contribution is 0.102. The Bertz CT molecular complexity index is 718. The van der Waals surface area contributed by atoms with Gasteiger partial charge in [-0.3, -0.25) is 10.1 Å². The fraction of sp³-hybridized carbons (Fsp3) is 0.100. The van der Waals surface area contributed by atoms with Crippen LogP contribution in [0.15, 0.2) is 24.7 Å². The number of nitrogens with one attached hydrogen (secondary N) is 1. The van der Waals surface area contributed by atoms with E-state index in [2.05, 4.69) is 24.8 Å². The van der Waals surface area contributed by atoms with Crippen molar-refractivity contribution in [2.24, 2.45) is 0 Å². The molecule has 3 aromatic rings. The van der Waals surface area contributed by atoms with E-state index < -0.39 is 0 Å². The first kappa shape index (κ1) is 10.8. The SMILES string of the molecule is Cc1nc(NC(=O)c2ccn3ncnc3c2)ns1. The first-order chi connectivity index (χ1) is 8.72. The van der Waals surface area contributed by atoms with Crippen molar-refractivity contribution < 1.29 is 4.79 Å². The van der Waals surface area contributed by atoms with E-state index in [1.807, 2.05) is 6.92 Å². The zero-order chi connectivity index (χ0) is 12.5. The Kier molecular flexibility index (Phi) is 2.49. The minimum Gasteiger partial charge on any atom is -0.290 e. The molecule has 0 atom stereocenters. The summed E-state index contributed by atoms with van der Waals surface area (Å²) >= 11 is 1.24. The number of hydrogen-bond donors (Lipinski definition) is 1. The molecule has 1 amide bonds. The average molecular weight is 260 g/mol. The Labute approximate surface area is 106 Å². The first-order valence-corrected chi connectivity index (χ1v) is 5.91. The predicted octanol–water partition coefficient (Wildman–Crippen LogP) is 1.14. The number of rotatable bonds is 2. The summed E-state index contributed by atoms with van der Waals surface area (Å²) in [7, 11) is 0.